The van der Waals surface area contributed by atoms with Gasteiger partial charge in [0, 0.05) is 12.1 Å². The van der Waals surface area contributed by atoms with Crippen molar-refractivity contribution in [1.29, 1.82) is 0 Å². The van der Waals surface area contributed by atoms with Gasteiger partial charge in [0.1, 0.15) is 12.4 Å². The molecule has 2 N–H and O–H groups in total. The lowest BCUT2D eigenvalue weighted by atomic mass is 10.1. The van der Waals surface area contributed by atoms with Crippen molar-refractivity contribution in [2.24, 2.45) is 0 Å². The van der Waals surface area contributed by atoms with Crippen LogP contribution in [-0.4, -0.2) is 46.8 Å². The number of ether oxygens (including phenoxy) is 2. The number of aromatic nitrogens is 2. The van der Waals surface area contributed by atoms with Gasteiger partial charge in [-0.05, 0) is 43.2 Å². The van der Waals surface area contributed by atoms with E-state index in [1.807, 2.05) is 18.2 Å². The van der Waals surface area contributed by atoms with Gasteiger partial charge in [0.2, 0.25) is 0 Å². The lowest BCUT2D eigenvalue weighted by Crippen LogP contribution is -2.29. The third kappa shape index (κ3) is 6.76. The van der Waals surface area contributed by atoms with Crippen LogP contribution in [0.25, 0.3) is 0 Å². The average molecular weight is 476 g/mol. The fraction of sp³-hybridized carbons (Fsp3) is 0.240. The van der Waals surface area contributed by atoms with Crippen LogP contribution in [0.5, 0.6) is 5.75 Å². The Morgan fingerprint density at radius 3 is 2.49 bits per heavy atom. The molecule has 0 aliphatic heterocycles. The third-order valence-electron chi connectivity index (χ3n) is 5.08. The molecule has 0 bridgehead atoms. The van der Waals surface area contributed by atoms with Crippen LogP contribution in [0, 0.1) is 0 Å². The summed E-state index contributed by atoms with van der Waals surface area (Å²) in [5.74, 6) is -1.11. The second kappa shape index (κ2) is 11.1. The summed E-state index contributed by atoms with van der Waals surface area (Å²) in [5.41, 5.74) is 0.112. The van der Waals surface area contributed by atoms with Gasteiger partial charge in [-0.3, -0.25) is 14.4 Å². The SMILES string of the molecule is O=C(COC(=O)c1ccc(=O)n(CCOc2ccccc2)n1)Nc1ccccc1C(=O)NC1CC1. The average Bonchev–Trinajstić information content (AvgIpc) is 3.68. The van der Waals surface area contributed by atoms with E-state index in [4.69, 9.17) is 9.47 Å². The summed E-state index contributed by atoms with van der Waals surface area (Å²) >= 11 is 0. The first kappa shape index (κ1) is 23.7. The second-order valence-corrected chi connectivity index (χ2v) is 7.86. The van der Waals surface area contributed by atoms with E-state index in [2.05, 4.69) is 15.7 Å². The van der Waals surface area contributed by atoms with Gasteiger partial charge in [-0.15, -0.1) is 0 Å². The maximum atomic E-state index is 12.4. The molecule has 2 aromatic carbocycles. The highest BCUT2D eigenvalue weighted by Gasteiger charge is 2.25. The van der Waals surface area contributed by atoms with Gasteiger partial charge < -0.3 is 20.1 Å². The summed E-state index contributed by atoms with van der Waals surface area (Å²) in [6.07, 6.45) is 1.88. The molecule has 1 saturated carbocycles. The van der Waals surface area contributed by atoms with E-state index in [0.29, 0.717) is 17.0 Å². The standard InChI is InChI=1S/C25H24N4O6/c30-22(27-20-9-5-4-8-19(20)24(32)26-17-10-11-17)16-35-25(33)21-12-13-23(31)29(28-21)14-15-34-18-6-2-1-3-7-18/h1-9,12-13,17H,10-11,14-16H2,(H,26,32)(H,27,30). The number of carbonyl (C=O) groups excluding carboxylic acids is 3. The fourth-order valence-electron chi connectivity index (χ4n) is 3.16. The number of rotatable bonds is 10. The van der Waals surface area contributed by atoms with Gasteiger partial charge in [-0.2, -0.15) is 5.10 Å². The number of hydrogen-bond donors (Lipinski definition) is 2. The molecule has 180 valence electrons. The van der Waals surface area contributed by atoms with E-state index < -0.39 is 24.0 Å². The van der Waals surface area contributed by atoms with E-state index >= 15 is 0 Å². The molecule has 1 aliphatic rings. The van der Waals surface area contributed by atoms with Crippen LogP contribution in [0.3, 0.4) is 0 Å². The molecule has 0 saturated heterocycles. The molecule has 0 unspecified atom stereocenters. The van der Waals surface area contributed by atoms with E-state index in [1.54, 1.807) is 36.4 Å². The van der Waals surface area contributed by atoms with Crippen molar-refractivity contribution < 1.29 is 23.9 Å². The van der Waals surface area contributed by atoms with Crippen molar-refractivity contribution in [2.45, 2.75) is 25.4 Å². The predicted molar refractivity (Wildman–Crippen MR) is 126 cm³/mol. The van der Waals surface area contributed by atoms with Crippen molar-refractivity contribution in [2.75, 3.05) is 18.5 Å². The third-order valence-corrected chi connectivity index (χ3v) is 5.08. The van der Waals surface area contributed by atoms with Crippen molar-refractivity contribution in [3.8, 4) is 5.75 Å². The minimum Gasteiger partial charge on any atom is -0.492 e. The van der Waals surface area contributed by atoms with Crippen LogP contribution >= 0.6 is 0 Å². The Morgan fingerprint density at radius 1 is 0.971 bits per heavy atom. The Bertz CT molecular complexity index is 1270. The molecular formula is C25H24N4O6. The summed E-state index contributed by atoms with van der Waals surface area (Å²) in [7, 11) is 0. The maximum absolute atomic E-state index is 12.4. The molecule has 1 aromatic heterocycles. The summed E-state index contributed by atoms with van der Waals surface area (Å²) < 4.78 is 11.7. The Labute approximate surface area is 200 Å². The predicted octanol–water partition coefficient (Wildman–Crippen LogP) is 2.01. The van der Waals surface area contributed by atoms with Crippen LogP contribution in [0.1, 0.15) is 33.7 Å². The molecule has 0 atom stereocenters. The zero-order valence-corrected chi connectivity index (χ0v) is 18.8. The first-order valence-corrected chi connectivity index (χ1v) is 11.1. The van der Waals surface area contributed by atoms with Crippen LogP contribution in [0.2, 0.25) is 0 Å². The van der Waals surface area contributed by atoms with E-state index in [9.17, 15) is 19.2 Å². The van der Waals surface area contributed by atoms with Crippen molar-refractivity contribution in [3.05, 3.63) is 88.3 Å². The molecule has 1 aliphatic carbocycles. The Kier molecular flexibility index (Phi) is 7.51. The Morgan fingerprint density at radius 2 is 1.71 bits per heavy atom. The van der Waals surface area contributed by atoms with E-state index in [-0.39, 0.29) is 30.8 Å². The zero-order valence-electron chi connectivity index (χ0n) is 18.8. The van der Waals surface area contributed by atoms with Crippen molar-refractivity contribution in [1.82, 2.24) is 15.1 Å². The monoisotopic (exact) mass is 476 g/mol. The normalized spacial score (nSPS) is 12.5. The lowest BCUT2D eigenvalue weighted by molar-refractivity contribution is -0.119. The smallest absolute Gasteiger partial charge is 0.359 e. The van der Waals surface area contributed by atoms with Crippen LogP contribution in [-0.2, 0) is 16.1 Å². The molecule has 3 aromatic rings. The van der Waals surface area contributed by atoms with Gasteiger partial charge in [0.15, 0.2) is 12.3 Å². The largest absolute Gasteiger partial charge is 0.492 e. The van der Waals surface area contributed by atoms with Gasteiger partial charge >= 0.3 is 5.97 Å². The number of nitrogens with one attached hydrogen (secondary N) is 2. The fourth-order valence-corrected chi connectivity index (χ4v) is 3.16. The van der Waals surface area contributed by atoms with E-state index in [0.717, 1.165) is 17.5 Å². The highest BCUT2D eigenvalue weighted by molar-refractivity contribution is 6.04. The number of para-hydroxylation sites is 2. The number of esters is 1. The Balaban J connectivity index is 1.30. The van der Waals surface area contributed by atoms with Crippen molar-refractivity contribution >= 4 is 23.5 Å². The highest BCUT2D eigenvalue weighted by Crippen LogP contribution is 2.21. The molecule has 10 heteroatoms. The number of amides is 2. The van der Waals surface area contributed by atoms with Gasteiger partial charge in [-0.25, -0.2) is 9.48 Å². The van der Waals surface area contributed by atoms with Crippen LogP contribution in [0.15, 0.2) is 71.5 Å². The maximum Gasteiger partial charge on any atom is 0.359 e. The first-order valence-electron chi connectivity index (χ1n) is 11.1. The topological polar surface area (TPSA) is 129 Å². The second-order valence-electron chi connectivity index (χ2n) is 7.86. The van der Waals surface area contributed by atoms with Gasteiger partial charge in [0.05, 0.1) is 17.8 Å². The lowest BCUT2D eigenvalue weighted by Gasteiger charge is -2.11. The number of hydrogen-bond acceptors (Lipinski definition) is 7. The van der Waals surface area contributed by atoms with Gasteiger partial charge in [0.25, 0.3) is 17.4 Å². The van der Waals surface area contributed by atoms with E-state index in [1.165, 1.54) is 12.1 Å². The minimum atomic E-state index is -0.863. The minimum absolute atomic E-state index is 0.120. The molecule has 4 rings (SSSR count). The molecule has 0 radical (unpaired) electrons. The quantitative estimate of drug-likeness (QED) is 0.428. The number of nitrogens with zero attached hydrogens (tertiary/aromatic N) is 2. The molecule has 1 fully saturated rings. The highest BCUT2D eigenvalue weighted by atomic mass is 16.5. The summed E-state index contributed by atoms with van der Waals surface area (Å²) in [6, 6.07) is 18.3. The number of carbonyl (C=O) groups is 3. The summed E-state index contributed by atoms with van der Waals surface area (Å²) in [6.45, 7) is -0.296. The summed E-state index contributed by atoms with van der Waals surface area (Å²) in [4.78, 5) is 49.2. The van der Waals surface area contributed by atoms with Gasteiger partial charge in [-0.1, -0.05) is 30.3 Å². The Hall–Kier alpha value is -4.47. The molecule has 1 heterocycles. The van der Waals surface area contributed by atoms with Crippen LogP contribution in [0.4, 0.5) is 5.69 Å². The number of benzene rings is 2. The number of anilines is 1. The molecule has 2 amide bonds. The molecule has 10 nitrogen and oxygen atoms in total. The van der Waals surface area contributed by atoms with Crippen LogP contribution < -0.4 is 20.9 Å². The first-order chi connectivity index (χ1) is 17.0. The zero-order chi connectivity index (χ0) is 24.6. The summed E-state index contributed by atoms with van der Waals surface area (Å²) in [5, 5.41) is 9.46. The molecule has 0 spiro atoms. The molecular weight excluding hydrogens is 452 g/mol. The van der Waals surface area contributed by atoms with Crippen molar-refractivity contribution in [3.63, 3.8) is 0 Å². The molecule has 35 heavy (non-hydrogen) atoms.